The molecule has 0 aromatic heterocycles. The van der Waals surface area contributed by atoms with Crippen molar-refractivity contribution in [2.45, 2.75) is 290 Å². The highest BCUT2D eigenvalue weighted by Crippen LogP contribution is 2.16. The average molecular weight is 1030 g/mol. The van der Waals surface area contributed by atoms with Crippen LogP contribution in [0.3, 0.4) is 0 Å². The molecule has 6 heteroatoms. The highest BCUT2D eigenvalue weighted by molar-refractivity contribution is 5.71. The fourth-order valence-corrected chi connectivity index (χ4v) is 8.40. The molecule has 0 spiro atoms. The molecule has 0 aliphatic heterocycles. The van der Waals surface area contributed by atoms with E-state index in [1.165, 1.54) is 116 Å². The molecular formula is C68H114O6. The minimum absolute atomic E-state index is 0.0828. The van der Waals surface area contributed by atoms with Crippen molar-refractivity contribution < 1.29 is 28.6 Å². The van der Waals surface area contributed by atoms with Crippen LogP contribution in [0.25, 0.3) is 0 Å². The van der Waals surface area contributed by atoms with Crippen LogP contribution in [0.1, 0.15) is 284 Å². The monoisotopic (exact) mass is 1030 g/mol. The van der Waals surface area contributed by atoms with Gasteiger partial charge in [0, 0.05) is 19.3 Å². The Labute approximate surface area is 457 Å². The fraction of sp³-hybridized carbons (Fsp3) is 0.691. The molecule has 0 rings (SSSR count). The van der Waals surface area contributed by atoms with Crippen molar-refractivity contribution >= 4 is 17.9 Å². The van der Waals surface area contributed by atoms with E-state index in [1.54, 1.807) is 0 Å². The molecule has 0 bridgehead atoms. The van der Waals surface area contributed by atoms with E-state index in [1.807, 2.05) is 0 Å². The predicted molar refractivity (Wildman–Crippen MR) is 320 cm³/mol. The first-order chi connectivity index (χ1) is 36.5. The molecule has 0 fully saturated rings. The summed E-state index contributed by atoms with van der Waals surface area (Å²) in [5.74, 6) is -0.897. The lowest BCUT2D eigenvalue weighted by atomic mass is 10.0. The van der Waals surface area contributed by atoms with Crippen LogP contribution in [0.15, 0.2) is 109 Å². The minimum Gasteiger partial charge on any atom is -0.462 e. The lowest BCUT2D eigenvalue weighted by molar-refractivity contribution is -0.167. The van der Waals surface area contributed by atoms with Gasteiger partial charge in [-0.05, 0) is 103 Å². The van der Waals surface area contributed by atoms with Crippen LogP contribution in [-0.4, -0.2) is 37.2 Å². The van der Waals surface area contributed by atoms with E-state index in [0.717, 1.165) is 128 Å². The zero-order valence-corrected chi connectivity index (χ0v) is 48.3. The van der Waals surface area contributed by atoms with Crippen LogP contribution in [0.2, 0.25) is 0 Å². The third-order valence-electron chi connectivity index (χ3n) is 13.0. The molecule has 1 unspecified atom stereocenters. The van der Waals surface area contributed by atoms with Crippen molar-refractivity contribution in [1.82, 2.24) is 0 Å². The lowest BCUT2D eigenvalue weighted by Crippen LogP contribution is -2.30. The SMILES string of the molecule is CC/C=C\C/C=C\C/C=C\C/C=C\C/C=C\C/C=C\C/C=C\C/C=C\CCCCCCCCCCC(=O)OCC(COC(=O)CCCCCCC/C=C\CCC)OC(=O)CCCCCCCCCCCCCCC. The van der Waals surface area contributed by atoms with Gasteiger partial charge in [0.2, 0.25) is 0 Å². The minimum atomic E-state index is -0.782. The summed E-state index contributed by atoms with van der Waals surface area (Å²) in [5.41, 5.74) is 0. The number of rotatable bonds is 55. The van der Waals surface area contributed by atoms with Gasteiger partial charge in [0.05, 0.1) is 0 Å². The predicted octanol–water partition coefficient (Wildman–Crippen LogP) is 21.0. The van der Waals surface area contributed by atoms with Gasteiger partial charge in [-0.25, -0.2) is 0 Å². The summed E-state index contributed by atoms with van der Waals surface area (Å²) in [6, 6.07) is 0. The Morgan fingerprint density at radius 2 is 0.554 bits per heavy atom. The van der Waals surface area contributed by atoms with Gasteiger partial charge in [-0.15, -0.1) is 0 Å². The van der Waals surface area contributed by atoms with E-state index in [2.05, 4.69) is 130 Å². The summed E-state index contributed by atoms with van der Waals surface area (Å²) in [4.78, 5) is 38.1. The van der Waals surface area contributed by atoms with Crippen LogP contribution in [-0.2, 0) is 28.6 Å². The second-order valence-electron chi connectivity index (χ2n) is 20.2. The van der Waals surface area contributed by atoms with E-state index >= 15 is 0 Å². The Kier molecular flexibility index (Phi) is 58.3. The van der Waals surface area contributed by atoms with Crippen LogP contribution < -0.4 is 0 Å². The average Bonchev–Trinajstić information content (AvgIpc) is 3.40. The largest absolute Gasteiger partial charge is 0.462 e. The zero-order chi connectivity index (χ0) is 53.6. The molecule has 0 aliphatic carbocycles. The van der Waals surface area contributed by atoms with Crippen LogP contribution >= 0.6 is 0 Å². The first-order valence-corrected chi connectivity index (χ1v) is 30.9. The molecule has 0 amide bonds. The molecule has 0 saturated carbocycles. The van der Waals surface area contributed by atoms with E-state index in [0.29, 0.717) is 19.3 Å². The van der Waals surface area contributed by atoms with E-state index < -0.39 is 6.10 Å². The number of carbonyl (C=O) groups excluding carboxylic acids is 3. The summed E-state index contributed by atoms with van der Waals surface area (Å²) >= 11 is 0. The van der Waals surface area contributed by atoms with Crippen molar-refractivity contribution in [3.63, 3.8) is 0 Å². The number of unbranched alkanes of at least 4 members (excludes halogenated alkanes) is 26. The summed E-state index contributed by atoms with van der Waals surface area (Å²) in [7, 11) is 0. The standard InChI is InChI=1S/C68H114O6/c1-4-7-10-13-16-19-22-24-25-26-27-28-29-30-31-32-33-34-35-36-37-38-39-40-41-42-43-45-46-49-52-55-58-61-67(70)73-64-65(63-72-66(69)60-57-54-51-48-21-18-15-12-9-6-3)74-68(71)62-59-56-53-50-47-44-23-20-17-14-11-8-5-2/h7,10,12,15-16,19,24-25,27-28,30-31,33-34,36-37,39-40,65H,4-6,8-9,11,13-14,17-18,20-23,26,29,32,35,38,41-64H2,1-3H3/b10-7-,15-12-,19-16-,25-24-,28-27-,31-30-,34-33-,37-36-,40-39-. The Balaban J connectivity index is 4.18. The maximum Gasteiger partial charge on any atom is 0.306 e. The molecule has 0 N–H and O–H groups in total. The molecule has 422 valence electrons. The highest BCUT2D eigenvalue weighted by atomic mass is 16.6. The van der Waals surface area contributed by atoms with Gasteiger partial charge in [0.1, 0.15) is 13.2 Å². The van der Waals surface area contributed by atoms with Gasteiger partial charge in [0.25, 0.3) is 0 Å². The number of allylic oxidation sites excluding steroid dienone is 18. The van der Waals surface area contributed by atoms with Gasteiger partial charge in [-0.1, -0.05) is 271 Å². The molecule has 6 nitrogen and oxygen atoms in total. The Morgan fingerprint density at radius 1 is 0.284 bits per heavy atom. The molecule has 0 aromatic carbocycles. The smallest absolute Gasteiger partial charge is 0.306 e. The zero-order valence-electron chi connectivity index (χ0n) is 48.3. The summed E-state index contributed by atoms with van der Waals surface area (Å²) in [6.07, 6.45) is 83.9. The number of hydrogen-bond acceptors (Lipinski definition) is 6. The second-order valence-corrected chi connectivity index (χ2v) is 20.2. The molecule has 0 aromatic rings. The molecule has 1 atom stereocenters. The van der Waals surface area contributed by atoms with E-state index in [4.69, 9.17) is 14.2 Å². The lowest BCUT2D eigenvalue weighted by Gasteiger charge is -2.18. The first-order valence-electron chi connectivity index (χ1n) is 30.9. The van der Waals surface area contributed by atoms with Crippen molar-refractivity contribution in [3.05, 3.63) is 109 Å². The number of carbonyl (C=O) groups is 3. The Bertz CT molecular complexity index is 1510. The fourth-order valence-electron chi connectivity index (χ4n) is 8.40. The van der Waals surface area contributed by atoms with Crippen LogP contribution in [0.4, 0.5) is 0 Å². The highest BCUT2D eigenvalue weighted by Gasteiger charge is 2.19. The van der Waals surface area contributed by atoms with E-state index in [-0.39, 0.29) is 31.1 Å². The van der Waals surface area contributed by atoms with Gasteiger partial charge in [0.15, 0.2) is 6.10 Å². The molecule has 74 heavy (non-hydrogen) atoms. The van der Waals surface area contributed by atoms with Gasteiger partial charge >= 0.3 is 17.9 Å². The van der Waals surface area contributed by atoms with Gasteiger partial charge < -0.3 is 14.2 Å². The van der Waals surface area contributed by atoms with Crippen molar-refractivity contribution in [2.24, 2.45) is 0 Å². The third kappa shape index (κ3) is 59.0. The maximum absolute atomic E-state index is 12.8. The third-order valence-corrected chi connectivity index (χ3v) is 13.0. The summed E-state index contributed by atoms with van der Waals surface area (Å²) < 4.78 is 16.8. The molecular weight excluding hydrogens is 913 g/mol. The van der Waals surface area contributed by atoms with Crippen molar-refractivity contribution in [3.8, 4) is 0 Å². The molecule has 0 heterocycles. The summed E-state index contributed by atoms with van der Waals surface area (Å²) in [5, 5.41) is 0. The molecule has 0 aliphatic rings. The first kappa shape index (κ1) is 70.1. The number of ether oxygens (including phenoxy) is 3. The quantitative estimate of drug-likeness (QED) is 0.0261. The van der Waals surface area contributed by atoms with E-state index in [9.17, 15) is 14.4 Å². The van der Waals surface area contributed by atoms with Crippen LogP contribution in [0.5, 0.6) is 0 Å². The maximum atomic E-state index is 12.8. The van der Waals surface area contributed by atoms with Gasteiger partial charge in [-0.2, -0.15) is 0 Å². The number of hydrogen-bond donors (Lipinski definition) is 0. The summed E-state index contributed by atoms with van der Waals surface area (Å²) in [6.45, 7) is 6.46. The second kappa shape index (κ2) is 61.6. The van der Waals surface area contributed by atoms with Crippen molar-refractivity contribution in [1.29, 1.82) is 0 Å². The Morgan fingerprint density at radius 3 is 0.892 bits per heavy atom. The van der Waals surface area contributed by atoms with Crippen molar-refractivity contribution in [2.75, 3.05) is 13.2 Å². The van der Waals surface area contributed by atoms with Gasteiger partial charge in [-0.3, -0.25) is 14.4 Å². The molecule has 0 saturated heterocycles. The normalized spacial score (nSPS) is 12.9. The number of esters is 3. The molecule has 0 radical (unpaired) electrons. The van der Waals surface area contributed by atoms with Crippen LogP contribution in [0, 0.1) is 0 Å². The Hall–Kier alpha value is -3.93. The topological polar surface area (TPSA) is 78.9 Å².